The molecule has 8 aromatic rings. The first-order valence-electron chi connectivity index (χ1n) is 13.6. The standard InChI is InChI=1S/C37H22FN3/c38-31-19-10-22-34-35(31)30-18-9-17-29(37(30)40(34)25-12-2-1-3-13-25)28-16-8-15-27-26-14-5-7-21-33(26)41(36(27)28)32-20-6-4-11-24(32)23-39/h1-22H. The zero-order chi connectivity index (χ0) is 27.5. The maximum atomic E-state index is 15.5. The van der Waals surface area contributed by atoms with Crippen LogP contribution in [0.4, 0.5) is 4.39 Å². The minimum atomic E-state index is -0.241. The van der Waals surface area contributed by atoms with Crippen molar-refractivity contribution in [1.29, 1.82) is 5.26 Å². The molecule has 0 aliphatic carbocycles. The summed E-state index contributed by atoms with van der Waals surface area (Å²) >= 11 is 0. The Labute approximate surface area is 235 Å². The number of rotatable bonds is 3. The molecule has 0 amide bonds. The third-order valence-corrected chi connectivity index (χ3v) is 8.03. The van der Waals surface area contributed by atoms with Gasteiger partial charge in [0, 0.05) is 38.4 Å². The van der Waals surface area contributed by atoms with E-state index in [1.54, 1.807) is 6.07 Å². The summed E-state index contributed by atoms with van der Waals surface area (Å²) in [5.74, 6) is -0.241. The van der Waals surface area contributed by atoms with Crippen LogP contribution in [-0.2, 0) is 0 Å². The Morgan fingerprint density at radius 3 is 1.93 bits per heavy atom. The van der Waals surface area contributed by atoms with Crippen LogP contribution in [0.25, 0.3) is 66.1 Å². The van der Waals surface area contributed by atoms with Gasteiger partial charge < -0.3 is 9.13 Å². The number of nitrogens with zero attached hydrogens (tertiary/aromatic N) is 3. The van der Waals surface area contributed by atoms with Crippen molar-refractivity contribution >= 4 is 43.6 Å². The maximum Gasteiger partial charge on any atom is 0.133 e. The highest BCUT2D eigenvalue weighted by molar-refractivity contribution is 6.19. The molecule has 0 fully saturated rings. The Kier molecular flexibility index (Phi) is 5.07. The summed E-state index contributed by atoms with van der Waals surface area (Å²) in [6, 6.07) is 46.3. The van der Waals surface area contributed by atoms with E-state index < -0.39 is 0 Å². The lowest BCUT2D eigenvalue weighted by Gasteiger charge is -2.15. The van der Waals surface area contributed by atoms with E-state index in [1.807, 2.05) is 72.8 Å². The van der Waals surface area contributed by atoms with Crippen LogP contribution in [0.2, 0.25) is 0 Å². The van der Waals surface area contributed by atoms with Crippen molar-refractivity contribution in [3.63, 3.8) is 0 Å². The summed E-state index contributed by atoms with van der Waals surface area (Å²) in [5.41, 5.74) is 8.20. The van der Waals surface area contributed by atoms with Crippen LogP contribution >= 0.6 is 0 Å². The van der Waals surface area contributed by atoms with E-state index in [0.29, 0.717) is 10.9 Å². The highest BCUT2D eigenvalue weighted by Crippen LogP contribution is 2.43. The summed E-state index contributed by atoms with van der Waals surface area (Å²) in [5, 5.41) is 13.7. The van der Waals surface area contributed by atoms with E-state index >= 15 is 4.39 Å². The van der Waals surface area contributed by atoms with Crippen LogP contribution in [0.5, 0.6) is 0 Å². The van der Waals surface area contributed by atoms with Gasteiger partial charge in [-0.1, -0.05) is 91.0 Å². The van der Waals surface area contributed by atoms with Crippen LogP contribution in [0, 0.1) is 17.1 Å². The summed E-state index contributed by atoms with van der Waals surface area (Å²) in [7, 11) is 0. The fourth-order valence-electron chi connectivity index (χ4n) is 6.38. The smallest absolute Gasteiger partial charge is 0.133 e. The van der Waals surface area contributed by atoms with Gasteiger partial charge >= 0.3 is 0 Å². The zero-order valence-corrected chi connectivity index (χ0v) is 21.9. The second-order valence-corrected chi connectivity index (χ2v) is 10.2. The van der Waals surface area contributed by atoms with Crippen molar-refractivity contribution in [3.8, 4) is 28.6 Å². The number of para-hydroxylation sites is 5. The lowest BCUT2D eigenvalue weighted by molar-refractivity contribution is 0.640. The average Bonchev–Trinajstić information content (AvgIpc) is 3.55. The first-order chi connectivity index (χ1) is 20.3. The van der Waals surface area contributed by atoms with E-state index in [2.05, 4.69) is 63.7 Å². The van der Waals surface area contributed by atoms with Crippen molar-refractivity contribution in [2.24, 2.45) is 0 Å². The van der Waals surface area contributed by atoms with Gasteiger partial charge in [0.1, 0.15) is 11.9 Å². The fourth-order valence-corrected chi connectivity index (χ4v) is 6.38. The number of aromatic nitrogens is 2. The SMILES string of the molecule is N#Cc1ccccc1-n1c2ccccc2c2cccc(-c3cccc4c5c(F)cccc5n(-c5ccccc5)c34)c21. The van der Waals surface area contributed by atoms with Gasteiger partial charge in [0.15, 0.2) is 0 Å². The molecule has 2 aromatic heterocycles. The molecule has 0 saturated carbocycles. The monoisotopic (exact) mass is 527 g/mol. The zero-order valence-electron chi connectivity index (χ0n) is 21.9. The van der Waals surface area contributed by atoms with Crippen LogP contribution in [-0.4, -0.2) is 9.13 Å². The molecule has 0 saturated heterocycles. The van der Waals surface area contributed by atoms with Gasteiger partial charge in [-0.25, -0.2) is 4.39 Å². The molecule has 41 heavy (non-hydrogen) atoms. The van der Waals surface area contributed by atoms with Gasteiger partial charge in [-0.2, -0.15) is 5.26 Å². The Morgan fingerprint density at radius 2 is 1.12 bits per heavy atom. The molecule has 0 aliphatic heterocycles. The lowest BCUT2D eigenvalue weighted by Crippen LogP contribution is -1.99. The summed E-state index contributed by atoms with van der Waals surface area (Å²) in [4.78, 5) is 0. The van der Waals surface area contributed by atoms with Crippen molar-refractivity contribution in [3.05, 3.63) is 145 Å². The van der Waals surface area contributed by atoms with Crippen LogP contribution in [0.15, 0.2) is 133 Å². The molecule has 6 aromatic carbocycles. The summed E-state index contributed by atoms with van der Waals surface area (Å²) in [6.45, 7) is 0. The molecule has 3 nitrogen and oxygen atoms in total. The Balaban J connectivity index is 1.59. The van der Waals surface area contributed by atoms with Gasteiger partial charge in [0.25, 0.3) is 0 Å². The van der Waals surface area contributed by atoms with Gasteiger partial charge in [-0.3, -0.25) is 0 Å². The van der Waals surface area contributed by atoms with Gasteiger partial charge in [-0.05, 0) is 42.5 Å². The second kappa shape index (κ2) is 8.94. The summed E-state index contributed by atoms with van der Waals surface area (Å²) < 4.78 is 19.9. The fraction of sp³-hybridized carbons (Fsp3) is 0. The van der Waals surface area contributed by atoms with E-state index in [1.165, 1.54) is 6.07 Å². The molecular weight excluding hydrogens is 505 g/mol. The van der Waals surface area contributed by atoms with Crippen LogP contribution in [0.1, 0.15) is 5.56 Å². The molecule has 0 N–H and O–H groups in total. The number of hydrogen-bond donors (Lipinski definition) is 0. The predicted octanol–water partition coefficient (Wildman–Crippen LogP) is 9.56. The Morgan fingerprint density at radius 1 is 0.512 bits per heavy atom. The van der Waals surface area contributed by atoms with E-state index in [9.17, 15) is 5.26 Å². The first kappa shape index (κ1) is 23.2. The molecule has 0 atom stereocenters. The van der Waals surface area contributed by atoms with Gasteiger partial charge in [0.05, 0.1) is 33.3 Å². The molecule has 0 radical (unpaired) electrons. The van der Waals surface area contributed by atoms with Crippen molar-refractivity contribution < 1.29 is 4.39 Å². The molecule has 0 spiro atoms. The average molecular weight is 528 g/mol. The molecule has 0 aliphatic rings. The molecule has 192 valence electrons. The number of nitriles is 1. The van der Waals surface area contributed by atoms with Crippen molar-refractivity contribution in [2.45, 2.75) is 0 Å². The number of hydrogen-bond acceptors (Lipinski definition) is 1. The Bertz CT molecular complexity index is 2340. The molecule has 4 heteroatoms. The molecule has 0 bridgehead atoms. The number of fused-ring (bicyclic) bond motifs is 6. The highest BCUT2D eigenvalue weighted by atomic mass is 19.1. The quantitative estimate of drug-likeness (QED) is 0.225. The highest BCUT2D eigenvalue weighted by Gasteiger charge is 2.22. The molecule has 2 heterocycles. The minimum absolute atomic E-state index is 0.241. The lowest BCUT2D eigenvalue weighted by atomic mass is 9.99. The topological polar surface area (TPSA) is 33.6 Å². The third kappa shape index (κ3) is 3.30. The summed E-state index contributed by atoms with van der Waals surface area (Å²) in [6.07, 6.45) is 0. The second-order valence-electron chi connectivity index (χ2n) is 10.2. The molecule has 8 rings (SSSR count). The Hall–Kier alpha value is -5.66. The minimum Gasteiger partial charge on any atom is -0.309 e. The van der Waals surface area contributed by atoms with Crippen LogP contribution in [0.3, 0.4) is 0 Å². The third-order valence-electron chi connectivity index (χ3n) is 8.03. The van der Waals surface area contributed by atoms with E-state index in [-0.39, 0.29) is 5.82 Å². The maximum absolute atomic E-state index is 15.5. The van der Waals surface area contributed by atoms with E-state index in [0.717, 1.165) is 60.7 Å². The molecule has 0 unspecified atom stereocenters. The van der Waals surface area contributed by atoms with Gasteiger partial charge in [0.2, 0.25) is 0 Å². The normalized spacial score (nSPS) is 11.5. The molecular formula is C37H22FN3. The number of benzene rings is 6. The van der Waals surface area contributed by atoms with Gasteiger partial charge in [-0.15, -0.1) is 0 Å². The first-order valence-corrected chi connectivity index (χ1v) is 13.6. The predicted molar refractivity (Wildman–Crippen MR) is 165 cm³/mol. The van der Waals surface area contributed by atoms with E-state index in [4.69, 9.17) is 0 Å². The van der Waals surface area contributed by atoms with Crippen molar-refractivity contribution in [2.75, 3.05) is 0 Å². The van der Waals surface area contributed by atoms with Crippen LogP contribution < -0.4 is 0 Å². The largest absolute Gasteiger partial charge is 0.309 e. The van der Waals surface area contributed by atoms with Crippen molar-refractivity contribution in [1.82, 2.24) is 9.13 Å². The number of halogens is 1.